The zero-order valence-corrected chi connectivity index (χ0v) is 9.80. The first-order chi connectivity index (χ1) is 6.44. The molecule has 0 spiro atoms. The van der Waals surface area contributed by atoms with Crippen LogP contribution in [0.5, 0.6) is 5.75 Å². The third-order valence-electron chi connectivity index (χ3n) is 1.70. The summed E-state index contributed by atoms with van der Waals surface area (Å²) in [4.78, 5) is 0. The predicted octanol–water partition coefficient (Wildman–Crippen LogP) is 2.50. The molecule has 0 aliphatic rings. The normalized spacial score (nSPS) is 11.5. The van der Waals surface area contributed by atoms with Crippen LogP contribution in [0.25, 0.3) is 0 Å². The number of halogens is 1. The highest BCUT2D eigenvalue weighted by Gasteiger charge is 2.18. The van der Waals surface area contributed by atoms with Crippen LogP contribution in [-0.2, 0) is 6.54 Å². The van der Waals surface area contributed by atoms with E-state index < -0.39 is 8.32 Å². The molecule has 0 saturated carbocycles. The summed E-state index contributed by atoms with van der Waals surface area (Å²) in [6.07, 6.45) is 0. The van der Waals surface area contributed by atoms with Gasteiger partial charge in [-0.1, -0.05) is 6.07 Å². The van der Waals surface area contributed by atoms with Crippen LogP contribution >= 0.6 is 0 Å². The summed E-state index contributed by atoms with van der Waals surface area (Å²) >= 11 is 0. The lowest BCUT2D eigenvalue weighted by atomic mass is 10.2. The SMILES string of the molecule is C[Si](C)(C)Oc1cccc(F)c1CN. The van der Waals surface area contributed by atoms with E-state index in [0.717, 1.165) is 0 Å². The molecule has 0 heterocycles. The van der Waals surface area contributed by atoms with Crippen LogP contribution in [0, 0.1) is 5.82 Å². The maximum atomic E-state index is 13.3. The van der Waals surface area contributed by atoms with Crippen molar-refractivity contribution in [3.63, 3.8) is 0 Å². The fraction of sp³-hybridized carbons (Fsp3) is 0.400. The van der Waals surface area contributed by atoms with Crippen LogP contribution in [0.15, 0.2) is 18.2 Å². The van der Waals surface area contributed by atoms with Crippen molar-refractivity contribution >= 4 is 8.32 Å². The summed E-state index contributed by atoms with van der Waals surface area (Å²) in [5, 5.41) is 0. The van der Waals surface area contributed by atoms with E-state index in [1.807, 2.05) is 0 Å². The van der Waals surface area contributed by atoms with Crippen molar-refractivity contribution < 1.29 is 8.82 Å². The van der Waals surface area contributed by atoms with Crippen molar-refractivity contribution in [2.24, 2.45) is 5.73 Å². The van der Waals surface area contributed by atoms with Crippen LogP contribution in [0.2, 0.25) is 19.6 Å². The van der Waals surface area contributed by atoms with E-state index in [4.69, 9.17) is 10.2 Å². The van der Waals surface area contributed by atoms with Gasteiger partial charge in [0.1, 0.15) is 11.6 Å². The monoisotopic (exact) mass is 213 g/mol. The summed E-state index contributed by atoms with van der Waals surface area (Å²) < 4.78 is 19.0. The summed E-state index contributed by atoms with van der Waals surface area (Å²) in [5.41, 5.74) is 5.93. The molecule has 2 N–H and O–H groups in total. The van der Waals surface area contributed by atoms with Gasteiger partial charge in [0.2, 0.25) is 8.32 Å². The summed E-state index contributed by atoms with van der Waals surface area (Å²) in [7, 11) is -1.69. The molecule has 0 amide bonds. The second-order valence-corrected chi connectivity index (χ2v) is 8.56. The average Bonchev–Trinajstić information content (AvgIpc) is 2.01. The molecule has 1 aromatic carbocycles. The van der Waals surface area contributed by atoms with Crippen LogP contribution in [0.1, 0.15) is 5.56 Å². The summed E-state index contributed by atoms with van der Waals surface area (Å²) in [6, 6.07) is 4.81. The summed E-state index contributed by atoms with van der Waals surface area (Å²) in [5.74, 6) is 0.301. The molecule has 0 bridgehead atoms. The second-order valence-electron chi connectivity index (χ2n) is 4.14. The third kappa shape index (κ3) is 2.82. The van der Waals surface area contributed by atoms with E-state index >= 15 is 0 Å². The van der Waals surface area contributed by atoms with E-state index in [1.54, 1.807) is 12.1 Å². The van der Waals surface area contributed by atoms with Gasteiger partial charge in [0.25, 0.3) is 0 Å². The molecule has 1 aromatic rings. The minimum atomic E-state index is -1.69. The molecule has 0 unspecified atom stereocenters. The number of rotatable bonds is 3. The predicted molar refractivity (Wildman–Crippen MR) is 58.3 cm³/mol. The highest BCUT2D eigenvalue weighted by Crippen LogP contribution is 2.23. The first-order valence-electron chi connectivity index (χ1n) is 4.60. The maximum absolute atomic E-state index is 13.3. The van der Waals surface area contributed by atoms with Gasteiger partial charge in [-0.05, 0) is 31.8 Å². The fourth-order valence-corrected chi connectivity index (χ4v) is 2.01. The Morgan fingerprint density at radius 3 is 2.50 bits per heavy atom. The summed E-state index contributed by atoms with van der Waals surface area (Å²) in [6.45, 7) is 6.33. The van der Waals surface area contributed by atoms with Crippen LogP contribution in [0.4, 0.5) is 4.39 Å². The molecule has 0 aliphatic heterocycles. The Morgan fingerprint density at radius 2 is 2.00 bits per heavy atom. The Labute approximate surface area is 85.0 Å². The van der Waals surface area contributed by atoms with Gasteiger partial charge in [-0.25, -0.2) is 4.39 Å². The first kappa shape index (κ1) is 11.2. The van der Waals surface area contributed by atoms with Crippen molar-refractivity contribution in [1.29, 1.82) is 0 Å². The first-order valence-corrected chi connectivity index (χ1v) is 8.01. The van der Waals surface area contributed by atoms with Gasteiger partial charge < -0.3 is 10.2 Å². The van der Waals surface area contributed by atoms with Gasteiger partial charge in [-0.2, -0.15) is 0 Å². The van der Waals surface area contributed by atoms with Gasteiger partial charge >= 0.3 is 0 Å². The molecule has 0 saturated heterocycles. The minimum Gasteiger partial charge on any atom is -0.544 e. The standard InChI is InChI=1S/C10H16FNOSi/c1-14(2,3)13-10-6-4-5-9(11)8(10)7-12/h4-6H,7,12H2,1-3H3. The van der Waals surface area contributed by atoms with Crippen molar-refractivity contribution in [2.75, 3.05) is 0 Å². The van der Waals surface area contributed by atoms with E-state index in [1.165, 1.54) is 6.07 Å². The molecule has 0 aliphatic carbocycles. The Kier molecular flexibility index (Phi) is 3.28. The van der Waals surface area contributed by atoms with Crippen molar-refractivity contribution in [2.45, 2.75) is 26.2 Å². The van der Waals surface area contributed by atoms with Crippen LogP contribution in [0.3, 0.4) is 0 Å². The third-order valence-corrected chi connectivity index (χ3v) is 2.53. The van der Waals surface area contributed by atoms with Gasteiger partial charge in [0.15, 0.2) is 0 Å². The van der Waals surface area contributed by atoms with Gasteiger partial charge in [-0.15, -0.1) is 0 Å². The zero-order valence-electron chi connectivity index (χ0n) is 8.80. The Balaban J connectivity index is 3.02. The lowest BCUT2D eigenvalue weighted by Gasteiger charge is -2.21. The molecular weight excluding hydrogens is 197 g/mol. The second kappa shape index (κ2) is 4.10. The van der Waals surface area contributed by atoms with Crippen LogP contribution < -0.4 is 10.2 Å². The van der Waals surface area contributed by atoms with E-state index in [2.05, 4.69) is 19.6 Å². The lowest BCUT2D eigenvalue weighted by Crippen LogP contribution is -2.30. The number of benzene rings is 1. The molecule has 0 aromatic heterocycles. The van der Waals surface area contributed by atoms with Crippen molar-refractivity contribution in [3.8, 4) is 5.75 Å². The van der Waals surface area contributed by atoms with Crippen molar-refractivity contribution in [3.05, 3.63) is 29.6 Å². The Bertz CT molecular complexity index is 322. The fourth-order valence-electron chi connectivity index (χ4n) is 1.16. The van der Waals surface area contributed by atoms with E-state index in [-0.39, 0.29) is 12.4 Å². The number of hydrogen-bond donors (Lipinski definition) is 1. The zero-order chi connectivity index (χ0) is 10.8. The minimum absolute atomic E-state index is 0.173. The smallest absolute Gasteiger partial charge is 0.242 e. The molecule has 0 radical (unpaired) electrons. The molecular formula is C10H16FNOSi. The molecule has 14 heavy (non-hydrogen) atoms. The lowest BCUT2D eigenvalue weighted by molar-refractivity contribution is 0.530. The molecule has 0 fully saturated rings. The molecule has 4 heteroatoms. The Morgan fingerprint density at radius 1 is 1.36 bits per heavy atom. The van der Waals surface area contributed by atoms with Crippen molar-refractivity contribution in [1.82, 2.24) is 0 Å². The van der Waals surface area contributed by atoms with Gasteiger partial charge in [0, 0.05) is 12.1 Å². The topological polar surface area (TPSA) is 35.2 Å². The van der Waals surface area contributed by atoms with Crippen LogP contribution in [-0.4, -0.2) is 8.32 Å². The maximum Gasteiger partial charge on any atom is 0.242 e. The molecule has 2 nitrogen and oxygen atoms in total. The quantitative estimate of drug-likeness (QED) is 0.783. The average molecular weight is 213 g/mol. The molecule has 78 valence electrons. The largest absolute Gasteiger partial charge is 0.544 e. The number of hydrogen-bond acceptors (Lipinski definition) is 2. The molecule has 0 atom stereocenters. The molecule has 1 rings (SSSR count). The van der Waals surface area contributed by atoms with E-state index in [0.29, 0.717) is 11.3 Å². The van der Waals surface area contributed by atoms with E-state index in [9.17, 15) is 4.39 Å². The highest BCUT2D eigenvalue weighted by atomic mass is 28.4. The van der Waals surface area contributed by atoms with Gasteiger partial charge in [-0.3, -0.25) is 0 Å². The Hall–Kier alpha value is -0.873. The van der Waals surface area contributed by atoms with Gasteiger partial charge in [0.05, 0.1) is 0 Å². The number of nitrogens with two attached hydrogens (primary N) is 1. The highest BCUT2D eigenvalue weighted by molar-refractivity contribution is 6.70.